The summed E-state index contributed by atoms with van der Waals surface area (Å²) < 4.78 is 18.1. The van der Waals surface area contributed by atoms with E-state index < -0.39 is 0 Å². The summed E-state index contributed by atoms with van der Waals surface area (Å²) in [6.07, 6.45) is 1.04. The molecule has 2 N–H and O–H groups in total. The molecule has 1 aromatic carbocycles. The van der Waals surface area contributed by atoms with E-state index in [0.29, 0.717) is 44.6 Å². The summed E-state index contributed by atoms with van der Waals surface area (Å²) in [7, 11) is 1.59. The highest BCUT2D eigenvalue weighted by Crippen LogP contribution is 2.05. The van der Waals surface area contributed by atoms with Crippen molar-refractivity contribution < 1.29 is 13.9 Å². The van der Waals surface area contributed by atoms with Gasteiger partial charge in [-0.1, -0.05) is 18.2 Å². The Hall–Kier alpha value is -1.46. The summed E-state index contributed by atoms with van der Waals surface area (Å²) in [6, 6.07) is 6.73. The van der Waals surface area contributed by atoms with Crippen LogP contribution in [0.2, 0.25) is 0 Å². The summed E-state index contributed by atoms with van der Waals surface area (Å²) >= 11 is 0. The second kappa shape index (κ2) is 9.47. The van der Waals surface area contributed by atoms with Gasteiger partial charge in [-0.3, -0.25) is 4.79 Å². The van der Waals surface area contributed by atoms with Crippen LogP contribution in [0.4, 0.5) is 4.39 Å². The zero-order valence-electron chi connectivity index (χ0n) is 11.2. The maximum Gasteiger partial charge on any atom is 0.221 e. The smallest absolute Gasteiger partial charge is 0.221 e. The summed E-state index contributed by atoms with van der Waals surface area (Å²) in [4.78, 5) is 11.3. The minimum Gasteiger partial charge on any atom is -0.383 e. The Morgan fingerprint density at radius 2 is 2.05 bits per heavy atom. The van der Waals surface area contributed by atoms with Crippen LogP contribution in [0.25, 0.3) is 0 Å². The van der Waals surface area contributed by atoms with Gasteiger partial charge in [-0.15, -0.1) is 0 Å². The van der Waals surface area contributed by atoms with Crippen molar-refractivity contribution in [3.8, 4) is 0 Å². The third-order valence-electron chi connectivity index (χ3n) is 2.69. The summed E-state index contributed by atoms with van der Waals surface area (Å²) in [6.45, 7) is 2.30. The highest BCUT2D eigenvalue weighted by atomic mass is 19.1. The van der Waals surface area contributed by atoms with E-state index in [1.165, 1.54) is 6.07 Å². The zero-order valence-corrected chi connectivity index (χ0v) is 11.2. The Bertz CT molecular complexity index is 385. The predicted octanol–water partition coefficient (Wildman–Crippen LogP) is 1.11. The quantitative estimate of drug-likeness (QED) is 0.660. The first-order valence-electron chi connectivity index (χ1n) is 6.44. The van der Waals surface area contributed by atoms with Gasteiger partial charge in [-0.2, -0.15) is 0 Å². The number of hydrogen-bond acceptors (Lipinski definition) is 3. The molecule has 0 aliphatic heterocycles. The van der Waals surface area contributed by atoms with E-state index in [0.717, 1.165) is 0 Å². The fourth-order valence-electron chi connectivity index (χ4n) is 1.63. The van der Waals surface area contributed by atoms with Gasteiger partial charge in [-0.05, 0) is 24.6 Å². The number of methoxy groups -OCH3 is 1. The molecule has 0 spiro atoms. The van der Waals surface area contributed by atoms with Gasteiger partial charge in [0.05, 0.1) is 6.61 Å². The minimum atomic E-state index is -0.179. The van der Waals surface area contributed by atoms with Crippen LogP contribution in [0.5, 0.6) is 0 Å². The van der Waals surface area contributed by atoms with Gasteiger partial charge in [-0.25, -0.2) is 4.39 Å². The number of ether oxygens (including phenoxy) is 1. The van der Waals surface area contributed by atoms with Crippen molar-refractivity contribution >= 4 is 5.91 Å². The van der Waals surface area contributed by atoms with Crippen LogP contribution in [0.3, 0.4) is 0 Å². The second-order valence-electron chi connectivity index (χ2n) is 4.18. The molecule has 0 aliphatic carbocycles. The van der Waals surface area contributed by atoms with Gasteiger partial charge in [0.1, 0.15) is 5.82 Å². The molecule has 0 saturated heterocycles. The molecule has 0 aliphatic rings. The maximum atomic E-state index is 13.3. The van der Waals surface area contributed by atoms with Gasteiger partial charge >= 0.3 is 0 Å². The van der Waals surface area contributed by atoms with Crippen molar-refractivity contribution in [1.82, 2.24) is 10.6 Å². The number of benzene rings is 1. The standard InChI is InChI=1S/C14H21FN2O2/c1-19-11-10-17-14(18)7-9-16-8-6-12-4-2-3-5-13(12)15/h2-5,16H,6-11H2,1H3,(H,17,18). The summed E-state index contributed by atoms with van der Waals surface area (Å²) in [5, 5.41) is 5.86. The van der Waals surface area contributed by atoms with Crippen LogP contribution in [-0.2, 0) is 16.0 Å². The molecule has 1 rings (SSSR count). The molecule has 0 bridgehead atoms. The van der Waals surface area contributed by atoms with Crippen molar-refractivity contribution in [2.24, 2.45) is 0 Å². The van der Waals surface area contributed by atoms with E-state index in [2.05, 4.69) is 10.6 Å². The summed E-state index contributed by atoms with van der Waals surface area (Å²) in [5.74, 6) is -0.183. The molecular weight excluding hydrogens is 247 g/mol. The number of hydrogen-bond donors (Lipinski definition) is 2. The van der Waals surface area contributed by atoms with Gasteiger partial charge in [0.15, 0.2) is 0 Å². The highest BCUT2D eigenvalue weighted by molar-refractivity contribution is 5.75. The highest BCUT2D eigenvalue weighted by Gasteiger charge is 2.01. The van der Waals surface area contributed by atoms with Crippen LogP contribution in [0, 0.1) is 5.82 Å². The molecule has 0 unspecified atom stereocenters. The average molecular weight is 268 g/mol. The van der Waals surface area contributed by atoms with Crippen LogP contribution in [0.1, 0.15) is 12.0 Å². The van der Waals surface area contributed by atoms with E-state index >= 15 is 0 Å². The number of amides is 1. The number of rotatable bonds is 9. The average Bonchev–Trinajstić information content (AvgIpc) is 2.41. The Morgan fingerprint density at radius 3 is 2.79 bits per heavy atom. The third-order valence-corrected chi connectivity index (χ3v) is 2.69. The lowest BCUT2D eigenvalue weighted by molar-refractivity contribution is -0.121. The van der Waals surface area contributed by atoms with E-state index in [1.54, 1.807) is 19.2 Å². The van der Waals surface area contributed by atoms with Crippen molar-refractivity contribution in [3.63, 3.8) is 0 Å². The number of nitrogens with one attached hydrogen (secondary N) is 2. The van der Waals surface area contributed by atoms with Gasteiger partial charge in [0, 0.05) is 26.6 Å². The van der Waals surface area contributed by atoms with Gasteiger partial charge < -0.3 is 15.4 Å². The molecule has 0 saturated carbocycles. The van der Waals surface area contributed by atoms with Gasteiger partial charge in [0.2, 0.25) is 5.91 Å². The van der Waals surface area contributed by atoms with E-state index in [9.17, 15) is 9.18 Å². The van der Waals surface area contributed by atoms with E-state index in [-0.39, 0.29) is 11.7 Å². The Labute approximate surface area is 113 Å². The third kappa shape index (κ3) is 6.88. The minimum absolute atomic E-state index is 0.00422. The number of carbonyl (C=O) groups is 1. The molecule has 0 heterocycles. The molecule has 1 aromatic rings. The lowest BCUT2D eigenvalue weighted by Gasteiger charge is -2.06. The van der Waals surface area contributed by atoms with Crippen molar-refractivity contribution in [1.29, 1.82) is 0 Å². The molecule has 0 aromatic heterocycles. The van der Waals surface area contributed by atoms with Crippen molar-refractivity contribution in [2.75, 3.05) is 33.4 Å². The molecule has 4 nitrogen and oxygen atoms in total. The van der Waals surface area contributed by atoms with Crippen molar-refractivity contribution in [3.05, 3.63) is 35.6 Å². The van der Waals surface area contributed by atoms with Crippen LogP contribution < -0.4 is 10.6 Å². The van der Waals surface area contributed by atoms with Gasteiger partial charge in [0.25, 0.3) is 0 Å². The van der Waals surface area contributed by atoms with Crippen LogP contribution in [0.15, 0.2) is 24.3 Å². The lowest BCUT2D eigenvalue weighted by atomic mass is 10.1. The van der Waals surface area contributed by atoms with E-state index in [4.69, 9.17) is 4.74 Å². The normalized spacial score (nSPS) is 10.4. The lowest BCUT2D eigenvalue weighted by Crippen LogP contribution is -2.30. The Morgan fingerprint density at radius 1 is 1.26 bits per heavy atom. The molecule has 106 valence electrons. The van der Waals surface area contributed by atoms with Crippen LogP contribution in [-0.4, -0.2) is 39.3 Å². The molecule has 0 fully saturated rings. The Kier molecular flexibility index (Phi) is 7.77. The fraction of sp³-hybridized carbons (Fsp3) is 0.500. The van der Waals surface area contributed by atoms with Crippen LogP contribution >= 0.6 is 0 Å². The molecule has 19 heavy (non-hydrogen) atoms. The maximum absolute atomic E-state index is 13.3. The molecule has 5 heteroatoms. The summed E-state index contributed by atoms with van der Waals surface area (Å²) in [5.41, 5.74) is 0.694. The topological polar surface area (TPSA) is 50.4 Å². The molecule has 0 atom stereocenters. The second-order valence-corrected chi connectivity index (χ2v) is 4.18. The largest absolute Gasteiger partial charge is 0.383 e. The first-order chi connectivity index (χ1) is 9.24. The SMILES string of the molecule is COCCNC(=O)CCNCCc1ccccc1F. The first-order valence-corrected chi connectivity index (χ1v) is 6.44. The number of carbonyl (C=O) groups excluding carboxylic acids is 1. The Balaban J connectivity index is 2.05. The van der Waals surface area contributed by atoms with Crippen molar-refractivity contribution in [2.45, 2.75) is 12.8 Å². The fourth-order valence-corrected chi connectivity index (χ4v) is 1.63. The molecular formula is C14H21FN2O2. The zero-order chi connectivity index (χ0) is 13.9. The van der Waals surface area contributed by atoms with E-state index in [1.807, 2.05) is 6.07 Å². The predicted molar refractivity (Wildman–Crippen MR) is 72.5 cm³/mol. The molecule has 0 radical (unpaired) electrons. The monoisotopic (exact) mass is 268 g/mol. The first kappa shape index (κ1) is 15.6. The number of halogens is 1. The molecule has 1 amide bonds.